The first-order valence-corrected chi connectivity index (χ1v) is 6.60. The van der Waals surface area contributed by atoms with Crippen molar-refractivity contribution in [1.82, 2.24) is 0 Å². The topological polar surface area (TPSA) is 90.4 Å². The van der Waals surface area contributed by atoms with Crippen LogP contribution >= 0.6 is 15.9 Å². The molecule has 0 unspecified atom stereocenters. The Kier molecular flexibility index (Phi) is 4.14. The summed E-state index contributed by atoms with van der Waals surface area (Å²) < 4.78 is 5.88. The Labute approximate surface area is 125 Å². The predicted molar refractivity (Wildman–Crippen MR) is 83.9 cm³/mol. The Bertz CT molecular complexity index is 639. The normalized spacial score (nSPS) is 10.1. The third kappa shape index (κ3) is 3.21. The van der Waals surface area contributed by atoms with Crippen LogP contribution in [0.3, 0.4) is 0 Å². The molecule has 104 valence electrons. The quantitative estimate of drug-likeness (QED) is 0.752. The van der Waals surface area contributed by atoms with Crippen molar-refractivity contribution in [3.63, 3.8) is 0 Å². The van der Waals surface area contributed by atoms with Crippen molar-refractivity contribution < 1.29 is 9.53 Å². The van der Waals surface area contributed by atoms with E-state index in [0.29, 0.717) is 28.4 Å². The summed E-state index contributed by atoms with van der Waals surface area (Å²) in [5, 5.41) is 2.78. The fraction of sp³-hybridized carbons (Fsp3) is 0.0714. The molecule has 0 radical (unpaired) electrons. The molecule has 5 nitrogen and oxygen atoms in total. The van der Waals surface area contributed by atoms with E-state index < -0.39 is 0 Å². The van der Waals surface area contributed by atoms with Crippen LogP contribution in [0.5, 0.6) is 5.75 Å². The van der Waals surface area contributed by atoms with Gasteiger partial charge in [-0.1, -0.05) is 0 Å². The Hall–Kier alpha value is -2.21. The summed E-state index contributed by atoms with van der Waals surface area (Å²) in [6.45, 7) is 0. The molecule has 5 N–H and O–H groups in total. The lowest BCUT2D eigenvalue weighted by Gasteiger charge is -2.10. The maximum atomic E-state index is 12.2. The number of carbonyl (C=O) groups excluding carboxylic acids is 1. The molecule has 2 aromatic rings. The van der Waals surface area contributed by atoms with Gasteiger partial charge in [-0.3, -0.25) is 4.79 Å². The van der Waals surface area contributed by atoms with E-state index in [4.69, 9.17) is 16.2 Å². The fourth-order valence-electron chi connectivity index (χ4n) is 1.73. The molecule has 0 aromatic heterocycles. The highest BCUT2D eigenvalue weighted by Gasteiger charge is 2.10. The first kappa shape index (κ1) is 14.2. The molecule has 0 bridgehead atoms. The van der Waals surface area contributed by atoms with E-state index >= 15 is 0 Å². The summed E-state index contributed by atoms with van der Waals surface area (Å²) in [6.07, 6.45) is 0. The SMILES string of the molecule is COc1ccc(Br)c(NC(=O)c2cc(N)cc(N)c2)c1. The fourth-order valence-corrected chi connectivity index (χ4v) is 2.08. The lowest BCUT2D eigenvalue weighted by Crippen LogP contribution is -2.13. The lowest BCUT2D eigenvalue weighted by atomic mass is 10.1. The van der Waals surface area contributed by atoms with Crippen molar-refractivity contribution in [3.8, 4) is 5.75 Å². The van der Waals surface area contributed by atoms with E-state index in [1.807, 2.05) is 0 Å². The Morgan fingerprint density at radius 2 is 1.80 bits per heavy atom. The molecule has 2 rings (SSSR count). The molecule has 0 spiro atoms. The molecular weight excluding hydrogens is 322 g/mol. The zero-order chi connectivity index (χ0) is 14.7. The molecule has 0 aliphatic carbocycles. The number of carbonyl (C=O) groups is 1. The van der Waals surface area contributed by atoms with Crippen molar-refractivity contribution in [2.24, 2.45) is 0 Å². The van der Waals surface area contributed by atoms with Crippen LogP contribution in [0.1, 0.15) is 10.4 Å². The minimum absolute atomic E-state index is 0.294. The molecule has 0 heterocycles. The van der Waals surface area contributed by atoms with E-state index in [2.05, 4.69) is 21.2 Å². The highest BCUT2D eigenvalue weighted by molar-refractivity contribution is 9.10. The zero-order valence-electron chi connectivity index (χ0n) is 10.8. The number of hydrogen-bond donors (Lipinski definition) is 3. The molecule has 0 saturated carbocycles. The number of amides is 1. The molecule has 0 fully saturated rings. The second-order valence-electron chi connectivity index (χ2n) is 4.19. The van der Waals surface area contributed by atoms with Crippen LogP contribution < -0.4 is 21.5 Å². The van der Waals surface area contributed by atoms with Gasteiger partial charge in [0.15, 0.2) is 0 Å². The van der Waals surface area contributed by atoms with Crippen molar-refractivity contribution in [3.05, 3.63) is 46.4 Å². The molecule has 0 aliphatic rings. The van der Waals surface area contributed by atoms with Crippen LogP contribution in [0.15, 0.2) is 40.9 Å². The van der Waals surface area contributed by atoms with E-state index in [0.717, 1.165) is 4.47 Å². The number of nitrogens with one attached hydrogen (secondary N) is 1. The van der Waals surface area contributed by atoms with Crippen LogP contribution in [0.4, 0.5) is 17.1 Å². The molecular formula is C14H14BrN3O2. The number of nitrogens with two attached hydrogens (primary N) is 2. The van der Waals surface area contributed by atoms with Crippen molar-refractivity contribution in [2.75, 3.05) is 23.9 Å². The Morgan fingerprint density at radius 3 is 2.40 bits per heavy atom. The average Bonchev–Trinajstić information content (AvgIpc) is 2.40. The average molecular weight is 336 g/mol. The van der Waals surface area contributed by atoms with Gasteiger partial charge >= 0.3 is 0 Å². The molecule has 0 aliphatic heterocycles. The largest absolute Gasteiger partial charge is 0.497 e. The molecule has 0 saturated heterocycles. The van der Waals surface area contributed by atoms with Crippen LogP contribution in [-0.4, -0.2) is 13.0 Å². The van der Waals surface area contributed by atoms with Gasteiger partial charge in [0.25, 0.3) is 5.91 Å². The number of ether oxygens (including phenoxy) is 1. The number of nitrogen functional groups attached to an aromatic ring is 2. The van der Waals surface area contributed by atoms with E-state index in [-0.39, 0.29) is 5.91 Å². The van der Waals surface area contributed by atoms with Gasteiger partial charge in [-0.2, -0.15) is 0 Å². The summed E-state index contributed by atoms with van der Waals surface area (Å²) in [6, 6.07) is 10.0. The van der Waals surface area contributed by atoms with Gasteiger partial charge in [-0.05, 0) is 46.3 Å². The van der Waals surface area contributed by atoms with Gasteiger partial charge in [0, 0.05) is 27.5 Å². The smallest absolute Gasteiger partial charge is 0.255 e. The number of benzene rings is 2. The van der Waals surface area contributed by atoms with Crippen molar-refractivity contribution in [2.45, 2.75) is 0 Å². The van der Waals surface area contributed by atoms with Crippen LogP contribution in [0, 0.1) is 0 Å². The zero-order valence-corrected chi connectivity index (χ0v) is 12.4. The predicted octanol–water partition coefficient (Wildman–Crippen LogP) is 2.87. The summed E-state index contributed by atoms with van der Waals surface area (Å²) >= 11 is 3.37. The van der Waals surface area contributed by atoms with Gasteiger partial charge in [0.2, 0.25) is 0 Å². The third-order valence-electron chi connectivity index (χ3n) is 2.66. The maximum absolute atomic E-state index is 12.2. The molecule has 0 atom stereocenters. The maximum Gasteiger partial charge on any atom is 0.255 e. The van der Waals surface area contributed by atoms with Gasteiger partial charge < -0.3 is 21.5 Å². The number of methoxy groups -OCH3 is 1. The summed E-state index contributed by atoms with van der Waals surface area (Å²) in [7, 11) is 1.56. The molecule has 1 amide bonds. The number of hydrogen-bond acceptors (Lipinski definition) is 4. The van der Waals surface area contributed by atoms with Crippen LogP contribution in [0.25, 0.3) is 0 Å². The minimum Gasteiger partial charge on any atom is -0.497 e. The summed E-state index contributed by atoms with van der Waals surface area (Å²) in [5.74, 6) is 0.355. The highest BCUT2D eigenvalue weighted by atomic mass is 79.9. The monoisotopic (exact) mass is 335 g/mol. The van der Waals surface area contributed by atoms with E-state index in [1.165, 1.54) is 0 Å². The van der Waals surface area contributed by atoms with Gasteiger partial charge in [0.1, 0.15) is 5.75 Å². The second kappa shape index (κ2) is 5.83. The molecule has 2 aromatic carbocycles. The van der Waals surface area contributed by atoms with Crippen LogP contribution in [-0.2, 0) is 0 Å². The molecule has 6 heteroatoms. The second-order valence-corrected chi connectivity index (χ2v) is 5.04. The van der Waals surface area contributed by atoms with Gasteiger partial charge in [0.05, 0.1) is 12.8 Å². The molecule has 20 heavy (non-hydrogen) atoms. The minimum atomic E-state index is -0.294. The van der Waals surface area contributed by atoms with Crippen molar-refractivity contribution in [1.29, 1.82) is 0 Å². The standard InChI is InChI=1S/C14H14BrN3O2/c1-20-11-2-3-12(15)13(7-11)18-14(19)8-4-9(16)6-10(17)5-8/h2-7H,16-17H2,1H3,(H,18,19). The van der Waals surface area contributed by atoms with Crippen LogP contribution in [0.2, 0.25) is 0 Å². The van der Waals surface area contributed by atoms with E-state index in [1.54, 1.807) is 43.5 Å². The number of halogens is 1. The summed E-state index contributed by atoms with van der Waals surface area (Å²) in [5.41, 5.74) is 13.2. The third-order valence-corrected chi connectivity index (χ3v) is 3.35. The van der Waals surface area contributed by atoms with E-state index in [9.17, 15) is 4.79 Å². The lowest BCUT2D eigenvalue weighted by molar-refractivity contribution is 0.102. The number of anilines is 3. The van der Waals surface area contributed by atoms with Gasteiger partial charge in [-0.25, -0.2) is 0 Å². The number of rotatable bonds is 3. The first-order chi connectivity index (χ1) is 9.49. The first-order valence-electron chi connectivity index (χ1n) is 5.80. The summed E-state index contributed by atoms with van der Waals surface area (Å²) in [4.78, 5) is 12.2. The van der Waals surface area contributed by atoms with Gasteiger partial charge in [-0.15, -0.1) is 0 Å². The Balaban J connectivity index is 2.27. The highest BCUT2D eigenvalue weighted by Crippen LogP contribution is 2.27. The van der Waals surface area contributed by atoms with Crippen molar-refractivity contribution >= 4 is 38.9 Å². The Morgan fingerprint density at radius 1 is 1.15 bits per heavy atom.